The number of H-pyrrole nitrogens is 1. The molecule has 8 heteroatoms. The molecule has 0 spiro atoms. The van der Waals surface area contributed by atoms with Gasteiger partial charge in [-0.1, -0.05) is 30.9 Å². The van der Waals surface area contributed by atoms with Crippen LogP contribution in [0.2, 0.25) is 5.02 Å². The molecule has 1 fully saturated rings. The summed E-state index contributed by atoms with van der Waals surface area (Å²) in [5.74, 6) is 0.0921. The van der Waals surface area contributed by atoms with E-state index in [0.29, 0.717) is 16.5 Å². The van der Waals surface area contributed by atoms with Crippen molar-refractivity contribution in [3.8, 4) is 0 Å². The first-order valence-corrected chi connectivity index (χ1v) is 9.41. The molecule has 0 saturated heterocycles. The van der Waals surface area contributed by atoms with Crippen LogP contribution in [-0.2, 0) is 0 Å². The third kappa shape index (κ3) is 4.67. The predicted molar refractivity (Wildman–Crippen MR) is 104 cm³/mol. The van der Waals surface area contributed by atoms with Crippen LogP contribution in [0.25, 0.3) is 0 Å². The van der Waals surface area contributed by atoms with Gasteiger partial charge in [0.1, 0.15) is 12.0 Å². The Morgan fingerprint density at radius 3 is 2.78 bits per heavy atom. The molecular weight excluding hydrogens is 368 g/mol. The van der Waals surface area contributed by atoms with Crippen LogP contribution in [-0.4, -0.2) is 34.3 Å². The standard InChI is InChI=1S/C19H23ClN4O3/c1-24(16-9-10-21-19(27)22-16)13-7-8-15(20)14(11-13)18(26)23-17(25)12-5-3-2-4-6-12/h7-12,17,25H,2-6H2,1H3,(H,23,26)(H,21,22,27). The van der Waals surface area contributed by atoms with Crippen LogP contribution in [0.5, 0.6) is 0 Å². The average Bonchev–Trinajstić information content (AvgIpc) is 2.68. The number of hydrogen-bond acceptors (Lipinski definition) is 5. The second-order valence-corrected chi connectivity index (χ2v) is 7.20. The van der Waals surface area contributed by atoms with Crippen LogP contribution in [0, 0.1) is 5.92 Å². The van der Waals surface area contributed by atoms with E-state index in [9.17, 15) is 14.7 Å². The van der Waals surface area contributed by atoms with Crippen LogP contribution < -0.4 is 15.9 Å². The minimum atomic E-state index is -0.885. The Kier molecular flexibility index (Phi) is 6.13. The fourth-order valence-electron chi connectivity index (χ4n) is 3.36. The van der Waals surface area contributed by atoms with Gasteiger partial charge in [-0.05, 0) is 37.1 Å². The summed E-state index contributed by atoms with van der Waals surface area (Å²) in [6.45, 7) is 0. The largest absolute Gasteiger partial charge is 0.373 e. The highest BCUT2D eigenvalue weighted by atomic mass is 35.5. The zero-order valence-corrected chi connectivity index (χ0v) is 15.9. The molecule has 1 amide bonds. The van der Waals surface area contributed by atoms with Crippen LogP contribution in [0.3, 0.4) is 0 Å². The van der Waals surface area contributed by atoms with Gasteiger partial charge in [0, 0.05) is 24.8 Å². The zero-order chi connectivity index (χ0) is 19.4. The van der Waals surface area contributed by atoms with E-state index < -0.39 is 17.8 Å². The van der Waals surface area contributed by atoms with E-state index in [-0.39, 0.29) is 11.5 Å². The quantitative estimate of drug-likeness (QED) is 0.682. The van der Waals surface area contributed by atoms with Crippen molar-refractivity contribution in [2.45, 2.75) is 38.3 Å². The Morgan fingerprint density at radius 2 is 2.07 bits per heavy atom. The van der Waals surface area contributed by atoms with Gasteiger partial charge in [-0.3, -0.25) is 4.79 Å². The molecule has 2 aromatic rings. The van der Waals surface area contributed by atoms with E-state index in [1.807, 2.05) is 0 Å². The maximum absolute atomic E-state index is 12.6. The number of hydrogen-bond donors (Lipinski definition) is 3. The Balaban J connectivity index is 1.78. The second-order valence-electron chi connectivity index (χ2n) is 6.79. The van der Waals surface area contributed by atoms with Crippen molar-refractivity contribution in [2.75, 3.05) is 11.9 Å². The maximum Gasteiger partial charge on any atom is 0.346 e. The summed E-state index contributed by atoms with van der Waals surface area (Å²) in [7, 11) is 1.74. The number of aromatic amines is 1. The topological polar surface area (TPSA) is 98.3 Å². The summed E-state index contributed by atoms with van der Waals surface area (Å²) in [4.78, 5) is 32.1. The van der Waals surface area contributed by atoms with Gasteiger partial charge in [0.2, 0.25) is 0 Å². The van der Waals surface area contributed by atoms with Crippen molar-refractivity contribution in [3.63, 3.8) is 0 Å². The zero-order valence-electron chi connectivity index (χ0n) is 15.1. The van der Waals surface area contributed by atoms with Gasteiger partial charge in [0.05, 0.1) is 10.6 Å². The number of benzene rings is 1. The monoisotopic (exact) mass is 390 g/mol. The lowest BCUT2D eigenvalue weighted by molar-refractivity contribution is 0.0463. The Hall–Kier alpha value is -2.38. The number of halogens is 1. The molecule has 3 N–H and O–H groups in total. The predicted octanol–water partition coefficient (Wildman–Crippen LogP) is 2.82. The first kappa shape index (κ1) is 19.4. The first-order chi connectivity index (χ1) is 13.0. The van der Waals surface area contributed by atoms with Crippen molar-refractivity contribution < 1.29 is 9.90 Å². The highest BCUT2D eigenvalue weighted by molar-refractivity contribution is 6.34. The lowest BCUT2D eigenvalue weighted by Crippen LogP contribution is -2.41. The minimum Gasteiger partial charge on any atom is -0.373 e. The third-order valence-corrected chi connectivity index (χ3v) is 5.29. The molecule has 27 heavy (non-hydrogen) atoms. The highest BCUT2D eigenvalue weighted by Gasteiger charge is 2.24. The van der Waals surface area contributed by atoms with Crippen molar-refractivity contribution in [1.82, 2.24) is 15.3 Å². The second kappa shape index (κ2) is 8.54. The highest BCUT2D eigenvalue weighted by Crippen LogP contribution is 2.28. The van der Waals surface area contributed by atoms with Crippen molar-refractivity contribution in [3.05, 3.63) is 51.5 Å². The number of amides is 1. The van der Waals surface area contributed by atoms with Gasteiger partial charge in [-0.2, -0.15) is 4.98 Å². The average molecular weight is 391 g/mol. The summed E-state index contributed by atoms with van der Waals surface area (Å²) >= 11 is 6.20. The molecule has 1 aliphatic carbocycles. The van der Waals surface area contributed by atoms with Gasteiger partial charge in [0.25, 0.3) is 5.91 Å². The maximum atomic E-state index is 12.6. The van der Waals surface area contributed by atoms with E-state index in [1.54, 1.807) is 36.2 Å². The van der Waals surface area contributed by atoms with E-state index in [1.165, 1.54) is 12.6 Å². The lowest BCUT2D eigenvalue weighted by Gasteiger charge is -2.27. The number of nitrogens with one attached hydrogen (secondary N) is 2. The van der Waals surface area contributed by atoms with E-state index in [0.717, 1.165) is 25.7 Å². The van der Waals surface area contributed by atoms with Crippen LogP contribution >= 0.6 is 11.6 Å². The fraction of sp³-hybridized carbons (Fsp3) is 0.421. The van der Waals surface area contributed by atoms with Crippen LogP contribution in [0.4, 0.5) is 11.5 Å². The number of anilines is 2. The van der Waals surface area contributed by atoms with Gasteiger partial charge < -0.3 is 20.3 Å². The molecule has 1 aliphatic rings. The molecular formula is C19H23ClN4O3. The number of nitrogens with zero attached hydrogens (tertiary/aromatic N) is 2. The number of aliphatic hydroxyl groups is 1. The molecule has 144 valence electrons. The van der Waals surface area contributed by atoms with Gasteiger partial charge in [0.15, 0.2) is 0 Å². The number of aromatic nitrogens is 2. The first-order valence-electron chi connectivity index (χ1n) is 9.03. The smallest absolute Gasteiger partial charge is 0.346 e. The molecule has 7 nitrogen and oxygen atoms in total. The SMILES string of the molecule is CN(c1ccc(Cl)c(C(=O)NC(O)C2CCCCC2)c1)c1cc[nH]c(=O)n1. The molecule has 0 radical (unpaired) electrons. The molecule has 1 saturated carbocycles. The normalized spacial score (nSPS) is 16.0. The molecule has 1 unspecified atom stereocenters. The number of carbonyl (C=O) groups excluding carboxylic acids is 1. The van der Waals surface area contributed by atoms with Gasteiger partial charge >= 0.3 is 5.69 Å². The Labute approximate surface area is 162 Å². The molecule has 3 rings (SSSR count). The van der Waals surface area contributed by atoms with E-state index in [2.05, 4.69) is 15.3 Å². The van der Waals surface area contributed by atoms with Crippen molar-refractivity contribution >= 4 is 29.0 Å². The summed E-state index contributed by atoms with van der Waals surface area (Å²) in [5, 5.41) is 13.3. The van der Waals surface area contributed by atoms with E-state index >= 15 is 0 Å². The van der Waals surface area contributed by atoms with Crippen molar-refractivity contribution in [2.24, 2.45) is 5.92 Å². The van der Waals surface area contributed by atoms with Crippen LogP contribution in [0.1, 0.15) is 42.5 Å². The summed E-state index contributed by atoms with van der Waals surface area (Å²) < 4.78 is 0. The summed E-state index contributed by atoms with van der Waals surface area (Å²) in [5.41, 5.74) is 0.456. The molecule has 0 bridgehead atoms. The number of carbonyl (C=O) groups is 1. The number of aliphatic hydroxyl groups excluding tert-OH is 1. The minimum absolute atomic E-state index is 0.0765. The molecule has 1 aromatic carbocycles. The van der Waals surface area contributed by atoms with E-state index in [4.69, 9.17) is 11.6 Å². The molecule has 1 aromatic heterocycles. The summed E-state index contributed by atoms with van der Waals surface area (Å²) in [6, 6.07) is 6.62. The van der Waals surface area contributed by atoms with Crippen molar-refractivity contribution in [1.29, 1.82) is 0 Å². The molecule has 1 atom stereocenters. The van der Waals surface area contributed by atoms with Crippen LogP contribution in [0.15, 0.2) is 35.3 Å². The lowest BCUT2D eigenvalue weighted by atomic mass is 9.88. The number of rotatable bonds is 5. The fourth-order valence-corrected chi connectivity index (χ4v) is 3.56. The molecule has 1 heterocycles. The molecule has 0 aliphatic heterocycles. The Bertz CT molecular complexity index is 864. The Morgan fingerprint density at radius 1 is 1.33 bits per heavy atom. The third-order valence-electron chi connectivity index (χ3n) is 4.96. The van der Waals surface area contributed by atoms with Gasteiger partial charge in [-0.15, -0.1) is 0 Å². The summed E-state index contributed by atoms with van der Waals surface area (Å²) in [6.07, 6.45) is 5.76. The van der Waals surface area contributed by atoms with Gasteiger partial charge in [-0.25, -0.2) is 4.79 Å².